The van der Waals surface area contributed by atoms with Gasteiger partial charge in [-0.15, -0.1) is 0 Å². The predicted molar refractivity (Wildman–Crippen MR) is 75.3 cm³/mol. The third kappa shape index (κ3) is 2.92. The fourth-order valence-corrected chi connectivity index (χ4v) is 4.13. The fourth-order valence-electron chi connectivity index (χ4n) is 3.74. The lowest BCUT2D eigenvalue weighted by molar-refractivity contribution is -0.0686. The van der Waals surface area contributed by atoms with Crippen molar-refractivity contribution in [1.82, 2.24) is 4.90 Å². The van der Waals surface area contributed by atoms with Gasteiger partial charge in [0.05, 0.1) is 24.4 Å². The molecule has 3 rings (SSSR count). The molecule has 2 saturated heterocycles. The van der Waals surface area contributed by atoms with E-state index in [-0.39, 0.29) is 5.60 Å². The monoisotopic (exact) mass is 317 g/mol. The lowest BCUT2D eigenvalue weighted by Gasteiger charge is -2.34. The molecule has 0 aromatic carbocycles. The molecule has 1 spiro atoms. The summed E-state index contributed by atoms with van der Waals surface area (Å²) in [5, 5.41) is 0.943. The van der Waals surface area contributed by atoms with E-state index in [2.05, 4.69) is 20.8 Å². The zero-order valence-corrected chi connectivity index (χ0v) is 12.7. The van der Waals surface area contributed by atoms with Crippen LogP contribution in [-0.4, -0.2) is 54.3 Å². The molecular weight excluding hydrogens is 294 g/mol. The number of hydrogen-bond donors (Lipinski definition) is 0. The summed E-state index contributed by atoms with van der Waals surface area (Å²) in [7, 11) is 0. The second-order valence-electron chi connectivity index (χ2n) is 6.08. The van der Waals surface area contributed by atoms with Gasteiger partial charge in [0, 0.05) is 25.0 Å². The van der Waals surface area contributed by atoms with Crippen LogP contribution in [0.2, 0.25) is 0 Å². The molecule has 18 heavy (non-hydrogen) atoms. The summed E-state index contributed by atoms with van der Waals surface area (Å²) in [6, 6.07) is 0. The van der Waals surface area contributed by atoms with Crippen molar-refractivity contribution in [2.75, 3.05) is 31.6 Å². The summed E-state index contributed by atoms with van der Waals surface area (Å²) in [6.45, 7) is 4.09. The van der Waals surface area contributed by atoms with E-state index in [1.165, 1.54) is 38.5 Å². The highest BCUT2D eigenvalue weighted by molar-refractivity contribution is 9.09. The minimum Gasteiger partial charge on any atom is -0.375 e. The molecule has 0 aromatic rings. The minimum absolute atomic E-state index is 0.284. The summed E-state index contributed by atoms with van der Waals surface area (Å²) in [6.07, 6.45) is 8.73. The van der Waals surface area contributed by atoms with Crippen molar-refractivity contribution in [2.45, 2.75) is 56.3 Å². The molecule has 4 heteroatoms. The van der Waals surface area contributed by atoms with Crippen LogP contribution < -0.4 is 0 Å². The highest BCUT2D eigenvalue weighted by Gasteiger charge is 2.42. The molecule has 1 aliphatic carbocycles. The van der Waals surface area contributed by atoms with Crippen molar-refractivity contribution >= 4 is 15.9 Å². The summed E-state index contributed by atoms with van der Waals surface area (Å²) in [5.41, 5.74) is 0.284. The van der Waals surface area contributed by atoms with Crippen LogP contribution in [0.4, 0.5) is 0 Å². The van der Waals surface area contributed by atoms with E-state index < -0.39 is 0 Å². The van der Waals surface area contributed by atoms with E-state index in [9.17, 15) is 0 Å². The van der Waals surface area contributed by atoms with Crippen molar-refractivity contribution in [1.29, 1.82) is 0 Å². The molecule has 0 radical (unpaired) electrons. The first-order valence-corrected chi connectivity index (χ1v) is 8.50. The Morgan fingerprint density at radius 2 is 2.00 bits per heavy atom. The molecule has 3 aliphatic rings. The van der Waals surface area contributed by atoms with Gasteiger partial charge in [0.25, 0.3) is 0 Å². The number of halogens is 1. The van der Waals surface area contributed by atoms with Crippen molar-refractivity contribution in [3.8, 4) is 0 Å². The van der Waals surface area contributed by atoms with Crippen LogP contribution in [0.15, 0.2) is 0 Å². The highest BCUT2D eigenvalue weighted by atomic mass is 79.9. The van der Waals surface area contributed by atoms with Crippen LogP contribution in [0.1, 0.15) is 38.5 Å². The van der Waals surface area contributed by atoms with Crippen LogP contribution in [-0.2, 0) is 9.47 Å². The number of rotatable bonds is 3. The number of morpholine rings is 1. The van der Waals surface area contributed by atoms with Crippen molar-refractivity contribution in [2.24, 2.45) is 0 Å². The Kier molecular flexibility index (Phi) is 4.28. The minimum atomic E-state index is 0.284. The molecular formula is C14H24BrNO2. The topological polar surface area (TPSA) is 21.7 Å². The maximum absolute atomic E-state index is 6.39. The van der Waals surface area contributed by atoms with Crippen LogP contribution >= 0.6 is 15.9 Å². The molecule has 1 saturated carbocycles. The Morgan fingerprint density at radius 3 is 2.78 bits per heavy atom. The average Bonchev–Trinajstić information content (AvgIpc) is 3.01. The first-order chi connectivity index (χ1) is 8.80. The summed E-state index contributed by atoms with van der Waals surface area (Å²) in [4.78, 5) is 2.52. The van der Waals surface area contributed by atoms with Gasteiger partial charge in [0.1, 0.15) is 0 Å². The quantitative estimate of drug-likeness (QED) is 0.747. The lowest BCUT2D eigenvalue weighted by Crippen LogP contribution is -2.46. The summed E-state index contributed by atoms with van der Waals surface area (Å²) >= 11 is 3.52. The van der Waals surface area contributed by atoms with Crippen LogP contribution in [0, 0.1) is 0 Å². The van der Waals surface area contributed by atoms with Gasteiger partial charge in [0.2, 0.25) is 0 Å². The van der Waals surface area contributed by atoms with Crippen LogP contribution in [0.25, 0.3) is 0 Å². The smallest absolute Gasteiger partial charge is 0.0799 e. The third-order valence-corrected chi connectivity index (χ3v) is 5.43. The number of ether oxygens (including phenoxy) is 2. The standard InChI is InChI=1S/C14H24BrNO2/c15-9-13-11-16(7-8-17-13)10-12-3-6-14(18-12)4-1-2-5-14/h12-13H,1-11H2. The van der Waals surface area contributed by atoms with Crippen molar-refractivity contribution in [3.05, 3.63) is 0 Å². The average molecular weight is 318 g/mol. The van der Waals surface area contributed by atoms with Gasteiger partial charge < -0.3 is 9.47 Å². The predicted octanol–water partition coefficient (Wildman–Crippen LogP) is 2.57. The van der Waals surface area contributed by atoms with Gasteiger partial charge in [-0.1, -0.05) is 28.8 Å². The molecule has 0 amide bonds. The Bertz CT molecular complexity index is 281. The first-order valence-electron chi connectivity index (χ1n) is 7.37. The molecule has 2 atom stereocenters. The third-order valence-electron chi connectivity index (χ3n) is 4.71. The maximum atomic E-state index is 6.39. The second kappa shape index (κ2) is 5.78. The van der Waals surface area contributed by atoms with E-state index in [4.69, 9.17) is 9.47 Å². The molecule has 2 unspecified atom stereocenters. The first kappa shape index (κ1) is 13.3. The molecule has 0 bridgehead atoms. The van der Waals surface area contributed by atoms with Gasteiger partial charge in [-0.2, -0.15) is 0 Å². The van der Waals surface area contributed by atoms with E-state index in [0.717, 1.165) is 31.6 Å². The zero-order chi connectivity index (χ0) is 12.4. The van der Waals surface area contributed by atoms with Crippen LogP contribution in [0.3, 0.4) is 0 Å². The lowest BCUT2D eigenvalue weighted by atomic mass is 9.98. The normalized spacial score (nSPS) is 36.5. The summed E-state index contributed by atoms with van der Waals surface area (Å²) < 4.78 is 12.1. The van der Waals surface area contributed by atoms with Crippen molar-refractivity contribution < 1.29 is 9.47 Å². The number of nitrogens with zero attached hydrogens (tertiary/aromatic N) is 1. The Labute approximate surface area is 118 Å². The number of hydrogen-bond acceptors (Lipinski definition) is 3. The number of alkyl halides is 1. The Morgan fingerprint density at radius 1 is 1.17 bits per heavy atom. The highest BCUT2D eigenvalue weighted by Crippen LogP contribution is 2.43. The molecule has 3 fully saturated rings. The maximum Gasteiger partial charge on any atom is 0.0799 e. The molecule has 2 aliphatic heterocycles. The van der Waals surface area contributed by atoms with E-state index in [0.29, 0.717) is 12.2 Å². The van der Waals surface area contributed by atoms with Crippen molar-refractivity contribution in [3.63, 3.8) is 0 Å². The largest absolute Gasteiger partial charge is 0.375 e. The SMILES string of the molecule is BrCC1CN(CC2CCC3(CCCC3)O2)CCO1. The van der Waals surface area contributed by atoms with Gasteiger partial charge in [-0.3, -0.25) is 4.90 Å². The van der Waals surface area contributed by atoms with E-state index in [1.807, 2.05) is 0 Å². The van der Waals surface area contributed by atoms with Gasteiger partial charge in [-0.25, -0.2) is 0 Å². The van der Waals surface area contributed by atoms with Gasteiger partial charge >= 0.3 is 0 Å². The second-order valence-corrected chi connectivity index (χ2v) is 6.72. The van der Waals surface area contributed by atoms with E-state index in [1.54, 1.807) is 0 Å². The van der Waals surface area contributed by atoms with Gasteiger partial charge in [0.15, 0.2) is 0 Å². The zero-order valence-electron chi connectivity index (χ0n) is 11.1. The van der Waals surface area contributed by atoms with Crippen LogP contribution in [0.5, 0.6) is 0 Å². The molecule has 3 nitrogen and oxygen atoms in total. The van der Waals surface area contributed by atoms with Gasteiger partial charge in [-0.05, 0) is 25.7 Å². The van der Waals surface area contributed by atoms with E-state index >= 15 is 0 Å². The Balaban J connectivity index is 1.48. The molecule has 0 aromatic heterocycles. The Hall–Kier alpha value is 0.360. The molecule has 0 N–H and O–H groups in total. The summed E-state index contributed by atoms with van der Waals surface area (Å²) in [5.74, 6) is 0. The fraction of sp³-hybridized carbons (Fsp3) is 1.00. The molecule has 2 heterocycles. The molecule has 104 valence electrons.